The van der Waals surface area contributed by atoms with Gasteiger partial charge in [-0.05, 0) is 32.0 Å². The van der Waals surface area contributed by atoms with Gasteiger partial charge in [-0.2, -0.15) is 5.10 Å². The van der Waals surface area contributed by atoms with Crippen molar-refractivity contribution in [3.8, 4) is 11.4 Å². The summed E-state index contributed by atoms with van der Waals surface area (Å²) in [6, 6.07) is 15.7. The van der Waals surface area contributed by atoms with Crippen molar-refractivity contribution in [1.82, 2.24) is 14.7 Å². The minimum absolute atomic E-state index is 0.167. The second kappa shape index (κ2) is 8.49. The van der Waals surface area contributed by atoms with Crippen LogP contribution in [0.15, 0.2) is 59.4 Å². The SMILES string of the molecule is COc1ccccc1[C@@H](C)N(C)C(=O)c1nn(-c2ccccc2Cl)c(C)cc1=O. The molecule has 1 aromatic heterocycles. The number of nitrogens with zero attached hydrogens (tertiary/aromatic N) is 3. The molecule has 0 aliphatic carbocycles. The van der Waals surface area contributed by atoms with E-state index in [9.17, 15) is 9.59 Å². The molecule has 0 fully saturated rings. The van der Waals surface area contributed by atoms with Gasteiger partial charge in [-0.25, -0.2) is 4.68 Å². The van der Waals surface area contributed by atoms with Gasteiger partial charge >= 0.3 is 0 Å². The number of amides is 1. The molecule has 1 atom stereocenters. The number of methoxy groups -OCH3 is 1. The third-order valence-corrected chi connectivity index (χ3v) is 5.20. The molecular formula is C22H22ClN3O3. The minimum Gasteiger partial charge on any atom is -0.496 e. The van der Waals surface area contributed by atoms with E-state index in [2.05, 4.69) is 5.10 Å². The number of benzene rings is 2. The Morgan fingerprint density at radius 2 is 1.83 bits per heavy atom. The molecule has 0 bridgehead atoms. The fraction of sp³-hybridized carbons (Fsp3) is 0.227. The summed E-state index contributed by atoms with van der Waals surface area (Å²) >= 11 is 6.28. The number of halogens is 1. The molecule has 0 radical (unpaired) electrons. The van der Waals surface area contributed by atoms with Crippen molar-refractivity contribution in [2.24, 2.45) is 0 Å². The molecule has 3 rings (SSSR count). The van der Waals surface area contributed by atoms with Crippen molar-refractivity contribution in [2.75, 3.05) is 14.2 Å². The first-order chi connectivity index (χ1) is 13.8. The maximum atomic E-state index is 13.1. The lowest BCUT2D eigenvalue weighted by Crippen LogP contribution is -2.35. The van der Waals surface area contributed by atoms with E-state index in [1.165, 1.54) is 15.6 Å². The van der Waals surface area contributed by atoms with Crippen LogP contribution in [0.3, 0.4) is 0 Å². The summed E-state index contributed by atoms with van der Waals surface area (Å²) in [6.07, 6.45) is 0. The van der Waals surface area contributed by atoms with Crippen molar-refractivity contribution < 1.29 is 9.53 Å². The molecule has 0 N–H and O–H groups in total. The van der Waals surface area contributed by atoms with E-state index in [1.807, 2.05) is 37.3 Å². The zero-order valence-electron chi connectivity index (χ0n) is 16.7. The van der Waals surface area contributed by atoms with Crippen molar-refractivity contribution in [1.29, 1.82) is 0 Å². The van der Waals surface area contributed by atoms with Crippen LogP contribution in [0.2, 0.25) is 5.02 Å². The normalized spacial score (nSPS) is 11.8. The van der Waals surface area contributed by atoms with Crippen LogP contribution in [0, 0.1) is 6.92 Å². The molecule has 1 heterocycles. The van der Waals surface area contributed by atoms with Crippen LogP contribution in [-0.4, -0.2) is 34.7 Å². The summed E-state index contributed by atoms with van der Waals surface area (Å²) < 4.78 is 6.91. The molecule has 2 aromatic carbocycles. The second-order valence-electron chi connectivity index (χ2n) is 6.70. The van der Waals surface area contributed by atoms with E-state index in [1.54, 1.807) is 39.3 Å². The van der Waals surface area contributed by atoms with Crippen LogP contribution >= 0.6 is 11.6 Å². The van der Waals surface area contributed by atoms with E-state index in [4.69, 9.17) is 16.3 Å². The standard InChI is InChI=1S/C22H22ClN3O3/c1-14-13-19(27)21(24-26(14)18-11-7-6-10-17(18)23)22(28)25(3)15(2)16-9-5-8-12-20(16)29-4/h5-13,15H,1-4H3/t15-/m1/s1. The summed E-state index contributed by atoms with van der Waals surface area (Å²) in [4.78, 5) is 27.2. The molecular weight excluding hydrogens is 390 g/mol. The molecule has 7 heteroatoms. The van der Waals surface area contributed by atoms with Gasteiger partial charge in [0.15, 0.2) is 5.69 Å². The lowest BCUT2D eigenvalue weighted by molar-refractivity contribution is 0.0731. The fourth-order valence-corrected chi connectivity index (χ4v) is 3.34. The summed E-state index contributed by atoms with van der Waals surface area (Å²) in [5, 5.41) is 4.81. The van der Waals surface area contributed by atoms with Gasteiger partial charge in [-0.1, -0.05) is 41.9 Å². The largest absolute Gasteiger partial charge is 0.496 e. The highest BCUT2D eigenvalue weighted by Crippen LogP contribution is 2.28. The first kappa shape index (κ1) is 20.6. The average molecular weight is 412 g/mol. The molecule has 0 aliphatic rings. The number of aromatic nitrogens is 2. The van der Waals surface area contributed by atoms with Crippen LogP contribution in [0.1, 0.15) is 34.7 Å². The number of aryl methyl sites for hydroxylation is 1. The Kier molecular flexibility index (Phi) is 6.03. The van der Waals surface area contributed by atoms with Crippen molar-refractivity contribution in [3.63, 3.8) is 0 Å². The van der Waals surface area contributed by atoms with Gasteiger partial charge in [-0.3, -0.25) is 9.59 Å². The predicted octanol–water partition coefficient (Wildman–Crippen LogP) is 4.04. The number of carbonyl (C=O) groups is 1. The average Bonchev–Trinajstić information content (AvgIpc) is 2.73. The van der Waals surface area contributed by atoms with Crippen LogP contribution in [0.25, 0.3) is 5.69 Å². The number of rotatable bonds is 5. The third-order valence-electron chi connectivity index (χ3n) is 4.88. The van der Waals surface area contributed by atoms with E-state index < -0.39 is 11.3 Å². The maximum Gasteiger partial charge on any atom is 0.278 e. The van der Waals surface area contributed by atoms with Crippen molar-refractivity contribution in [3.05, 3.63) is 86.8 Å². The number of hydrogen-bond donors (Lipinski definition) is 0. The highest BCUT2D eigenvalue weighted by Gasteiger charge is 2.25. The lowest BCUT2D eigenvalue weighted by Gasteiger charge is -2.26. The number of para-hydroxylation sites is 2. The second-order valence-corrected chi connectivity index (χ2v) is 7.10. The summed E-state index contributed by atoms with van der Waals surface area (Å²) in [5.41, 5.74) is 1.42. The molecule has 6 nitrogen and oxygen atoms in total. The van der Waals surface area contributed by atoms with Gasteiger partial charge in [0.2, 0.25) is 5.43 Å². The van der Waals surface area contributed by atoms with Crippen molar-refractivity contribution in [2.45, 2.75) is 19.9 Å². The zero-order valence-corrected chi connectivity index (χ0v) is 17.5. The molecule has 29 heavy (non-hydrogen) atoms. The zero-order chi connectivity index (χ0) is 21.1. The molecule has 1 amide bonds. The smallest absolute Gasteiger partial charge is 0.278 e. The number of ether oxygens (including phenoxy) is 1. The summed E-state index contributed by atoms with van der Waals surface area (Å²) in [6.45, 7) is 3.61. The Labute approximate surface area is 174 Å². The van der Waals surface area contributed by atoms with Gasteiger partial charge in [-0.15, -0.1) is 0 Å². The molecule has 0 unspecified atom stereocenters. The van der Waals surface area contributed by atoms with E-state index >= 15 is 0 Å². The van der Waals surface area contributed by atoms with Crippen LogP contribution in [-0.2, 0) is 0 Å². The van der Waals surface area contributed by atoms with Gasteiger partial charge in [0.25, 0.3) is 5.91 Å². The van der Waals surface area contributed by atoms with Gasteiger partial charge in [0, 0.05) is 24.4 Å². The maximum absolute atomic E-state index is 13.1. The number of hydrogen-bond acceptors (Lipinski definition) is 4. The molecule has 0 spiro atoms. The van der Waals surface area contributed by atoms with Crippen LogP contribution < -0.4 is 10.2 Å². The van der Waals surface area contributed by atoms with E-state index in [0.29, 0.717) is 22.2 Å². The van der Waals surface area contributed by atoms with E-state index in [-0.39, 0.29) is 11.7 Å². The van der Waals surface area contributed by atoms with Gasteiger partial charge < -0.3 is 9.64 Å². The van der Waals surface area contributed by atoms with Gasteiger partial charge in [0.05, 0.1) is 23.9 Å². The topological polar surface area (TPSA) is 64.4 Å². The highest BCUT2D eigenvalue weighted by molar-refractivity contribution is 6.32. The third kappa shape index (κ3) is 4.03. The molecule has 0 saturated heterocycles. The Morgan fingerprint density at radius 1 is 1.17 bits per heavy atom. The van der Waals surface area contributed by atoms with E-state index in [0.717, 1.165) is 5.56 Å². The number of carbonyl (C=O) groups excluding carboxylic acids is 1. The Balaban J connectivity index is 2.02. The summed E-state index contributed by atoms with van der Waals surface area (Å²) in [5.74, 6) is 0.194. The first-order valence-corrected chi connectivity index (χ1v) is 9.49. The Bertz CT molecular complexity index is 1110. The first-order valence-electron chi connectivity index (χ1n) is 9.11. The van der Waals surface area contributed by atoms with Crippen LogP contribution in [0.5, 0.6) is 5.75 Å². The molecule has 0 saturated carbocycles. The monoisotopic (exact) mass is 411 g/mol. The molecule has 0 aliphatic heterocycles. The van der Waals surface area contributed by atoms with Gasteiger partial charge in [0.1, 0.15) is 5.75 Å². The summed E-state index contributed by atoms with van der Waals surface area (Å²) in [7, 11) is 3.22. The van der Waals surface area contributed by atoms with Crippen LogP contribution in [0.4, 0.5) is 0 Å². The lowest BCUT2D eigenvalue weighted by atomic mass is 10.1. The Hall–Kier alpha value is -3.12. The molecule has 3 aromatic rings. The quantitative estimate of drug-likeness (QED) is 0.635. The van der Waals surface area contributed by atoms with Crippen molar-refractivity contribution >= 4 is 17.5 Å². The Morgan fingerprint density at radius 3 is 2.52 bits per heavy atom. The fourth-order valence-electron chi connectivity index (χ4n) is 3.13. The molecule has 150 valence electrons. The highest BCUT2D eigenvalue weighted by atomic mass is 35.5. The minimum atomic E-state index is -0.478. The predicted molar refractivity (Wildman–Crippen MR) is 113 cm³/mol.